The number of phosphoric ester groups is 1. The van der Waals surface area contributed by atoms with Crippen molar-refractivity contribution < 1.29 is 27.6 Å². The summed E-state index contributed by atoms with van der Waals surface area (Å²) in [6, 6.07) is 0. The predicted molar refractivity (Wildman–Crippen MR) is 105 cm³/mol. The Balaban J connectivity index is 1.46. The van der Waals surface area contributed by atoms with Gasteiger partial charge in [0.15, 0.2) is 17.4 Å². The number of nitrogens with two attached hydrogens (primary N) is 2. The van der Waals surface area contributed by atoms with Crippen LogP contribution in [0.4, 0.5) is 5.95 Å². The third-order valence-electron chi connectivity index (χ3n) is 5.70. The highest BCUT2D eigenvalue weighted by Gasteiger charge is 2.59. The molecule has 1 saturated carbocycles. The molecule has 0 aromatic carbocycles. The van der Waals surface area contributed by atoms with Crippen LogP contribution in [-0.2, 0) is 22.9 Å². The molecule has 5 rings (SSSR count). The summed E-state index contributed by atoms with van der Waals surface area (Å²) in [6.07, 6.45) is 2.20. The molecule has 2 aromatic rings. The number of anilines is 1. The fourth-order valence-electron chi connectivity index (χ4n) is 3.96. The van der Waals surface area contributed by atoms with E-state index in [1.807, 2.05) is 6.92 Å². The Morgan fingerprint density at radius 1 is 1.40 bits per heavy atom. The summed E-state index contributed by atoms with van der Waals surface area (Å²) in [5, 5.41) is 0. The maximum Gasteiger partial charge on any atom is 0.475 e. The second kappa shape index (κ2) is 7.11. The number of nitrogens with zero attached hydrogens (tertiary/aromatic N) is 4. The third kappa shape index (κ3) is 3.19. The van der Waals surface area contributed by atoms with Crippen LogP contribution >= 0.6 is 7.82 Å². The summed E-state index contributed by atoms with van der Waals surface area (Å²) in [4.78, 5) is 12.8. The lowest BCUT2D eigenvalue weighted by Gasteiger charge is -2.38. The van der Waals surface area contributed by atoms with Crippen molar-refractivity contribution in [2.24, 2.45) is 5.73 Å². The number of aromatic nitrogens is 4. The van der Waals surface area contributed by atoms with Gasteiger partial charge in [-0.05, 0) is 33.1 Å². The lowest BCUT2D eigenvalue weighted by atomic mass is 9.93. The van der Waals surface area contributed by atoms with Crippen molar-refractivity contribution in [3.8, 4) is 5.88 Å². The Labute approximate surface area is 172 Å². The molecule has 4 heterocycles. The Bertz CT molecular complexity index is 1010. The Hall–Kier alpha value is -1.82. The van der Waals surface area contributed by atoms with E-state index in [0.29, 0.717) is 17.8 Å². The van der Waals surface area contributed by atoms with Gasteiger partial charge in [-0.25, -0.2) is 9.55 Å². The van der Waals surface area contributed by atoms with E-state index in [-0.39, 0.29) is 24.5 Å². The number of ether oxygens (including phenoxy) is 2. The quantitative estimate of drug-likeness (QED) is 0.649. The van der Waals surface area contributed by atoms with Crippen LogP contribution in [0.25, 0.3) is 11.2 Å². The van der Waals surface area contributed by atoms with E-state index in [2.05, 4.69) is 15.0 Å². The van der Waals surface area contributed by atoms with Gasteiger partial charge in [-0.1, -0.05) is 0 Å². The largest absolute Gasteiger partial charge is 0.476 e. The molecule has 2 aliphatic heterocycles. The highest BCUT2D eigenvalue weighted by molar-refractivity contribution is 7.48. The molecule has 2 aromatic heterocycles. The van der Waals surface area contributed by atoms with Gasteiger partial charge in [-0.3, -0.25) is 18.1 Å². The first kappa shape index (κ1) is 20.1. The Morgan fingerprint density at radius 3 is 2.90 bits per heavy atom. The fraction of sp³-hybridized carbons (Fsp3) is 0.706. The smallest absolute Gasteiger partial charge is 0.475 e. The maximum atomic E-state index is 13.0. The van der Waals surface area contributed by atoms with Gasteiger partial charge in [0.05, 0.1) is 31.2 Å². The van der Waals surface area contributed by atoms with E-state index in [1.165, 1.54) is 0 Å². The minimum absolute atomic E-state index is 0.0415. The van der Waals surface area contributed by atoms with Crippen LogP contribution in [-0.4, -0.2) is 56.6 Å². The Morgan fingerprint density at radius 2 is 2.20 bits per heavy atom. The van der Waals surface area contributed by atoms with Gasteiger partial charge in [0, 0.05) is 0 Å². The molecule has 0 radical (unpaired) electrons. The summed E-state index contributed by atoms with van der Waals surface area (Å²) < 4.78 is 43.1. The van der Waals surface area contributed by atoms with E-state index in [9.17, 15) is 4.57 Å². The average molecular weight is 440 g/mol. The second-order valence-electron chi connectivity index (χ2n) is 7.96. The molecule has 3 aliphatic rings. The molecule has 4 N–H and O–H groups in total. The molecule has 2 saturated heterocycles. The zero-order valence-corrected chi connectivity index (χ0v) is 17.7. The number of fused-ring (bicyclic) bond motifs is 2. The van der Waals surface area contributed by atoms with Crippen LogP contribution in [0.2, 0.25) is 0 Å². The zero-order valence-electron chi connectivity index (χ0n) is 16.8. The fourth-order valence-corrected chi connectivity index (χ4v) is 5.68. The number of phosphoric acid groups is 1. The summed E-state index contributed by atoms with van der Waals surface area (Å²) in [7, 11) is -3.71. The van der Waals surface area contributed by atoms with E-state index < -0.39 is 31.8 Å². The average Bonchev–Trinajstić information content (AvgIpc) is 3.17. The van der Waals surface area contributed by atoms with Gasteiger partial charge in [0.25, 0.3) is 0 Å². The normalized spacial score (nSPS) is 36.6. The van der Waals surface area contributed by atoms with Gasteiger partial charge in [0.2, 0.25) is 11.8 Å². The van der Waals surface area contributed by atoms with E-state index in [0.717, 1.165) is 19.3 Å². The van der Waals surface area contributed by atoms with Crippen molar-refractivity contribution in [3.05, 3.63) is 6.33 Å². The number of hydrogen-bond donors (Lipinski definition) is 2. The van der Waals surface area contributed by atoms with Crippen LogP contribution in [0.5, 0.6) is 5.88 Å². The number of imidazole rings is 1. The second-order valence-corrected chi connectivity index (χ2v) is 9.54. The summed E-state index contributed by atoms with van der Waals surface area (Å²) >= 11 is 0. The molecule has 1 aliphatic carbocycles. The first-order chi connectivity index (χ1) is 14.3. The minimum Gasteiger partial charge on any atom is -0.476 e. The molecular formula is C17H25N6O6P. The van der Waals surface area contributed by atoms with E-state index in [1.54, 1.807) is 17.8 Å². The molecule has 0 spiro atoms. The lowest BCUT2D eigenvalue weighted by molar-refractivity contribution is -0.0787. The van der Waals surface area contributed by atoms with Crippen LogP contribution in [0.3, 0.4) is 0 Å². The third-order valence-corrected chi connectivity index (χ3v) is 7.20. The lowest BCUT2D eigenvalue weighted by Crippen LogP contribution is -2.54. The van der Waals surface area contributed by atoms with Crippen molar-refractivity contribution in [1.82, 2.24) is 19.5 Å². The molecule has 3 fully saturated rings. The molecule has 12 nitrogen and oxygen atoms in total. The summed E-state index contributed by atoms with van der Waals surface area (Å²) in [6.45, 7) is 4.05. The van der Waals surface area contributed by atoms with Crippen LogP contribution in [0, 0.1) is 0 Å². The highest BCUT2D eigenvalue weighted by atomic mass is 31.2. The van der Waals surface area contributed by atoms with Gasteiger partial charge >= 0.3 is 7.82 Å². The molecule has 13 heteroatoms. The molecular weight excluding hydrogens is 415 g/mol. The van der Waals surface area contributed by atoms with Crippen LogP contribution in [0.1, 0.15) is 39.3 Å². The first-order valence-electron chi connectivity index (χ1n) is 9.99. The van der Waals surface area contributed by atoms with Gasteiger partial charge in [-0.15, -0.1) is 0 Å². The topological polar surface area (TPSA) is 159 Å². The first-order valence-corrected chi connectivity index (χ1v) is 11.5. The molecule has 30 heavy (non-hydrogen) atoms. The van der Waals surface area contributed by atoms with Gasteiger partial charge in [0.1, 0.15) is 12.2 Å². The molecule has 0 unspecified atom stereocenters. The monoisotopic (exact) mass is 440 g/mol. The zero-order chi connectivity index (χ0) is 21.1. The van der Waals surface area contributed by atoms with Gasteiger partial charge in [-0.2, -0.15) is 9.97 Å². The Kier molecular flexibility index (Phi) is 4.77. The van der Waals surface area contributed by atoms with E-state index >= 15 is 0 Å². The van der Waals surface area contributed by atoms with Crippen molar-refractivity contribution >= 4 is 24.9 Å². The SMILES string of the molecule is CCOc1nc(N)nc2c1ncn2[C@@H]1O[C@@H]2CO[P@@](=O)(OC3CCC3)O[C@H]2[C@@]1(C)N. The molecule has 0 amide bonds. The molecule has 5 atom stereocenters. The van der Waals surface area contributed by atoms with Crippen LogP contribution in [0.15, 0.2) is 6.33 Å². The van der Waals surface area contributed by atoms with Gasteiger partial charge < -0.3 is 20.9 Å². The van der Waals surface area contributed by atoms with Crippen LogP contribution < -0.4 is 16.2 Å². The standard InChI is InChI=1S/C17H25N6O6P/c1-3-25-14-11-13(21-16(18)22-14)23(8-20-11)15-17(2,19)12-10(27-15)7-26-30(24,29-12)28-9-5-4-6-9/h8-10,12,15H,3-7,19H2,1-2H3,(H2,18,21,22)/t10-,12-,15-,17-,30+/m1/s1. The number of rotatable bonds is 5. The van der Waals surface area contributed by atoms with Crippen molar-refractivity contribution in [1.29, 1.82) is 0 Å². The molecule has 0 bridgehead atoms. The maximum absolute atomic E-state index is 13.0. The number of nitrogen functional groups attached to an aromatic ring is 1. The summed E-state index contributed by atoms with van der Waals surface area (Å²) in [5.41, 5.74) is 12.3. The molecule has 164 valence electrons. The predicted octanol–water partition coefficient (Wildman–Crippen LogP) is 1.51. The van der Waals surface area contributed by atoms with Crippen molar-refractivity contribution in [2.75, 3.05) is 18.9 Å². The van der Waals surface area contributed by atoms with Crippen molar-refractivity contribution in [3.63, 3.8) is 0 Å². The summed E-state index contributed by atoms with van der Waals surface area (Å²) in [5.74, 6) is 0.325. The minimum atomic E-state index is -3.71. The highest BCUT2D eigenvalue weighted by Crippen LogP contribution is 2.60. The van der Waals surface area contributed by atoms with E-state index in [4.69, 9.17) is 34.5 Å². The number of hydrogen-bond acceptors (Lipinski definition) is 11. The van der Waals surface area contributed by atoms with Crippen molar-refractivity contribution in [2.45, 2.75) is 63.2 Å².